The molecule has 0 spiro atoms. The normalized spacial score (nSPS) is 11.3. The quantitative estimate of drug-likeness (QED) is 0.702. The maximum Gasteiger partial charge on any atom is 0.573 e. The van der Waals surface area contributed by atoms with Crippen molar-refractivity contribution in [2.75, 3.05) is 0 Å². The molecule has 1 aromatic carbocycles. The Hall–Kier alpha value is -2.74. The molecular weight excluding hydrogens is 355 g/mol. The highest BCUT2D eigenvalue weighted by Gasteiger charge is 2.31. The third kappa shape index (κ3) is 4.63. The number of ether oxygens (including phenoxy) is 1. The fourth-order valence-corrected chi connectivity index (χ4v) is 2.79. The second-order valence-electron chi connectivity index (χ2n) is 5.00. The summed E-state index contributed by atoms with van der Waals surface area (Å²) in [5, 5.41) is 4.59. The molecule has 3 rings (SSSR count). The van der Waals surface area contributed by atoms with Crippen LogP contribution in [0.2, 0.25) is 0 Å². The molecule has 0 bridgehead atoms. The van der Waals surface area contributed by atoms with Gasteiger partial charge >= 0.3 is 6.36 Å². The van der Waals surface area contributed by atoms with Crippen molar-refractivity contribution in [1.82, 2.24) is 5.32 Å². The lowest BCUT2D eigenvalue weighted by Crippen LogP contribution is -2.22. The smallest absolute Gasteiger partial charge is 0.458 e. The van der Waals surface area contributed by atoms with Crippen LogP contribution >= 0.6 is 11.3 Å². The Morgan fingerprint density at radius 3 is 2.52 bits per heavy atom. The molecule has 0 saturated heterocycles. The van der Waals surface area contributed by atoms with E-state index in [4.69, 9.17) is 4.42 Å². The number of nitrogens with one attached hydrogen (secondary N) is 1. The van der Waals surface area contributed by atoms with E-state index in [1.807, 2.05) is 23.6 Å². The summed E-state index contributed by atoms with van der Waals surface area (Å²) < 4.78 is 45.7. The van der Waals surface area contributed by atoms with E-state index in [-0.39, 0.29) is 17.9 Å². The molecule has 0 atom stereocenters. The summed E-state index contributed by atoms with van der Waals surface area (Å²) in [7, 11) is 0. The van der Waals surface area contributed by atoms with Crippen LogP contribution in [0.1, 0.15) is 16.1 Å². The summed E-state index contributed by atoms with van der Waals surface area (Å²) in [4.78, 5) is 13.0. The van der Waals surface area contributed by atoms with Gasteiger partial charge in [0.2, 0.25) is 0 Å². The van der Waals surface area contributed by atoms with E-state index >= 15 is 0 Å². The number of carbonyl (C=O) groups excluding carboxylic acids is 1. The van der Waals surface area contributed by atoms with Gasteiger partial charge in [0.15, 0.2) is 0 Å². The van der Waals surface area contributed by atoms with E-state index in [0.717, 1.165) is 17.0 Å². The van der Waals surface area contributed by atoms with Crippen molar-refractivity contribution >= 4 is 17.2 Å². The number of hydrogen-bond donors (Lipinski definition) is 1. The van der Waals surface area contributed by atoms with Crippen molar-refractivity contribution in [3.63, 3.8) is 0 Å². The molecule has 0 aliphatic heterocycles. The van der Waals surface area contributed by atoms with Gasteiger partial charge in [-0.3, -0.25) is 4.79 Å². The molecule has 3 aromatic rings. The van der Waals surface area contributed by atoms with Gasteiger partial charge in [-0.15, -0.1) is 24.5 Å². The lowest BCUT2D eigenvalue weighted by Gasteiger charge is -2.09. The topological polar surface area (TPSA) is 51.5 Å². The van der Waals surface area contributed by atoms with Crippen LogP contribution in [0.4, 0.5) is 13.2 Å². The monoisotopic (exact) mass is 367 g/mol. The molecule has 4 nitrogen and oxygen atoms in total. The highest BCUT2D eigenvalue weighted by atomic mass is 32.1. The average Bonchev–Trinajstić information content (AvgIpc) is 3.23. The van der Waals surface area contributed by atoms with Crippen LogP contribution in [-0.4, -0.2) is 12.3 Å². The van der Waals surface area contributed by atoms with Gasteiger partial charge in [0.25, 0.3) is 5.91 Å². The summed E-state index contributed by atoms with van der Waals surface area (Å²) in [5.41, 5.74) is 0.222. The molecule has 0 fully saturated rings. The van der Waals surface area contributed by atoms with Crippen molar-refractivity contribution < 1.29 is 27.1 Å². The van der Waals surface area contributed by atoms with Crippen molar-refractivity contribution in [3.8, 4) is 16.4 Å². The molecule has 2 aromatic heterocycles. The van der Waals surface area contributed by atoms with E-state index in [2.05, 4.69) is 10.1 Å². The number of rotatable bonds is 5. The summed E-state index contributed by atoms with van der Waals surface area (Å²) >= 11 is 1.54. The first kappa shape index (κ1) is 17.1. The zero-order chi connectivity index (χ0) is 17.9. The van der Waals surface area contributed by atoms with E-state index in [1.165, 1.54) is 12.1 Å². The predicted octanol–water partition coefficient (Wildman–Crippen LogP) is 4.84. The van der Waals surface area contributed by atoms with Crippen LogP contribution in [0, 0.1) is 0 Å². The Balaban J connectivity index is 1.57. The van der Waals surface area contributed by atoms with Crippen molar-refractivity contribution in [2.45, 2.75) is 12.9 Å². The Bertz CT molecular complexity index is 839. The number of amides is 1. The second-order valence-corrected chi connectivity index (χ2v) is 5.95. The van der Waals surface area contributed by atoms with Crippen molar-refractivity contribution in [1.29, 1.82) is 0 Å². The number of thiophene rings is 1. The average molecular weight is 367 g/mol. The van der Waals surface area contributed by atoms with Crippen LogP contribution < -0.4 is 10.1 Å². The molecule has 1 N–H and O–H groups in total. The van der Waals surface area contributed by atoms with Gasteiger partial charge in [0.1, 0.15) is 17.3 Å². The molecule has 0 unspecified atom stereocenters. The van der Waals surface area contributed by atoms with Crippen LogP contribution in [0.3, 0.4) is 0 Å². The molecule has 2 heterocycles. The molecule has 0 radical (unpaired) electrons. The first-order chi connectivity index (χ1) is 11.9. The molecule has 0 aliphatic rings. The lowest BCUT2D eigenvalue weighted by atomic mass is 10.2. The third-order valence-corrected chi connectivity index (χ3v) is 4.08. The minimum absolute atomic E-state index is 0.172. The third-order valence-electron chi connectivity index (χ3n) is 3.20. The molecule has 25 heavy (non-hydrogen) atoms. The largest absolute Gasteiger partial charge is 0.573 e. The number of carbonyl (C=O) groups is 1. The van der Waals surface area contributed by atoms with Gasteiger partial charge in [0.05, 0.1) is 11.4 Å². The van der Waals surface area contributed by atoms with Gasteiger partial charge in [0, 0.05) is 5.56 Å². The maximum absolute atomic E-state index is 12.1. The SMILES string of the molecule is O=C(NCc1ccc(-c2cccs2)o1)c1ccc(OC(F)(F)F)cc1. The van der Waals surface area contributed by atoms with Crippen LogP contribution in [0.15, 0.2) is 58.3 Å². The molecule has 0 aliphatic carbocycles. The lowest BCUT2D eigenvalue weighted by molar-refractivity contribution is -0.274. The van der Waals surface area contributed by atoms with Crippen molar-refractivity contribution in [2.24, 2.45) is 0 Å². The van der Waals surface area contributed by atoms with Crippen LogP contribution in [0.25, 0.3) is 10.6 Å². The molecule has 130 valence electrons. The van der Waals surface area contributed by atoms with Gasteiger partial charge in [-0.2, -0.15) is 0 Å². The summed E-state index contributed by atoms with van der Waals surface area (Å²) in [5.74, 6) is 0.491. The first-order valence-corrected chi connectivity index (χ1v) is 8.05. The highest BCUT2D eigenvalue weighted by Crippen LogP contribution is 2.26. The zero-order valence-corrected chi connectivity index (χ0v) is 13.5. The number of alkyl halides is 3. The van der Waals surface area contributed by atoms with E-state index in [0.29, 0.717) is 11.5 Å². The van der Waals surface area contributed by atoms with Crippen LogP contribution in [-0.2, 0) is 6.54 Å². The number of hydrogen-bond acceptors (Lipinski definition) is 4. The minimum atomic E-state index is -4.76. The van der Waals surface area contributed by atoms with E-state index in [9.17, 15) is 18.0 Å². The molecular formula is C17H12F3NO3S. The Labute approximate surface area is 144 Å². The van der Waals surface area contributed by atoms with Crippen LogP contribution in [0.5, 0.6) is 5.75 Å². The van der Waals surface area contributed by atoms with Gasteiger partial charge in [-0.25, -0.2) is 0 Å². The number of benzene rings is 1. The standard InChI is InChI=1S/C17H12F3NO3S/c18-17(19,20)24-12-5-3-11(4-6-12)16(22)21-10-13-7-8-14(23-13)15-2-1-9-25-15/h1-9H,10H2,(H,21,22). The van der Waals surface area contributed by atoms with Gasteiger partial charge < -0.3 is 14.5 Å². The summed E-state index contributed by atoms with van der Waals surface area (Å²) in [6.07, 6.45) is -4.76. The predicted molar refractivity (Wildman–Crippen MR) is 86.3 cm³/mol. The van der Waals surface area contributed by atoms with E-state index in [1.54, 1.807) is 17.4 Å². The Morgan fingerprint density at radius 2 is 1.88 bits per heavy atom. The molecule has 0 saturated carbocycles. The highest BCUT2D eigenvalue weighted by molar-refractivity contribution is 7.13. The van der Waals surface area contributed by atoms with Gasteiger partial charge in [-0.1, -0.05) is 6.07 Å². The van der Waals surface area contributed by atoms with E-state index < -0.39 is 12.3 Å². The fraction of sp³-hybridized carbons (Fsp3) is 0.118. The Morgan fingerprint density at radius 1 is 1.12 bits per heavy atom. The summed E-state index contributed by atoms with van der Waals surface area (Å²) in [6, 6.07) is 12.1. The fourth-order valence-electron chi connectivity index (χ4n) is 2.10. The minimum Gasteiger partial charge on any atom is -0.458 e. The maximum atomic E-state index is 12.1. The number of furan rings is 1. The number of halogens is 3. The summed E-state index contributed by atoms with van der Waals surface area (Å²) in [6.45, 7) is 0.172. The first-order valence-electron chi connectivity index (χ1n) is 7.17. The Kier molecular flexibility index (Phi) is 4.80. The second kappa shape index (κ2) is 7.02. The van der Waals surface area contributed by atoms with Crippen molar-refractivity contribution in [3.05, 3.63) is 65.2 Å². The van der Waals surface area contributed by atoms with Gasteiger partial charge in [-0.05, 0) is 47.8 Å². The molecule has 8 heteroatoms. The molecule has 1 amide bonds. The zero-order valence-electron chi connectivity index (χ0n) is 12.7.